The lowest BCUT2D eigenvalue weighted by Gasteiger charge is -2.19. The Morgan fingerprint density at radius 3 is 2.50 bits per heavy atom. The van der Waals surface area contributed by atoms with Gasteiger partial charge in [-0.05, 0) is 53.0 Å². The highest BCUT2D eigenvalue weighted by Gasteiger charge is 2.11. The fourth-order valence-electron chi connectivity index (χ4n) is 2.39. The maximum Gasteiger partial charge on any atom is 0.0551 e. The van der Waals surface area contributed by atoms with E-state index >= 15 is 0 Å². The summed E-state index contributed by atoms with van der Waals surface area (Å²) in [5.74, 6) is 0. The lowest BCUT2D eigenvalue weighted by atomic mass is 9.99. The summed E-state index contributed by atoms with van der Waals surface area (Å²) < 4.78 is 0.972. The minimum absolute atomic E-state index is 0.433. The van der Waals surface area contributed by atoms with Gasteiger partial charge in [-0.3, -0.25) is 0 Å². The third-order valence-electron chi connectivity index (χ3n) is 3.58. The monoisotopic (exact) mass is 359 g/mol. The smallest absolute Gasteiger partial charge is 0.0551 e. The Bertz CT molecular complexity index is 381. The van der Waals surface area contributed by atoms with Gasteiger partial charge in [0.15, 0.2) is 0 Å². The molecule has 114 valence electrons. The fourth-order valence-corrected chi connectivity index (χ4v) is 2.82. The van der Waals surface area contributed by atoms with Gasteiger partial charge in [-0.25, -0.2) is 0 Å². The predicted octanol–water partition coefficient (Wildman–Crippen LogP) is 6.50. The van der Waals surface area contributed by atoms with E-state index in [1.165, 1.54) is 44.1 Å². The molecule has 1 N–H and O–H groups in total. The minimum atomic E-state index is 0.433. The number of rotatable bonds is 10. The molecular weight excluding hydrogens is 334 g/mol. The normalized spacial score (nSPS) is 12.6. The summed E-state index contributed by atoms with van der Waals surface area (Å²) in [6.45, 7) is 5.53. The molecule has 1 unspecified atom stereocenters. The molecule has 0 aliphatic carbocycles. The SMILES string of the molecule is CCCCCCCC(NCCC)c1ccc(Br)c(Cl)c1. The van der Waals surface area contributed by atoms with E-state index in [9.17, 15) is 0 Å². The van der Waals surface area contributed by atoms with Crippen LogP contribution in [0.15, 0.2) is 22.7 Å². The van der Waals surface area contributed by atoms with E-state index in [0.29, 0.717) is 6.04 Å². The first-order valence-electron chi connectivity index (χ1n) is 7.87. The number of unbranched alkanes of at least 4 members (excludes halogenated alkanes) is 4. The molecule has 0 aliphatic rings. The highest BCUT2D eigenvalue weighted by atomic mass is 79.9. The first kappa shape index (κ1) is 18.0. The Kier molecular flexibility index (Phi) is 9.58. The zero-order valence-corrected chi connectivity index (χ0v) is 15.1. The highest BCUT2D eigenvalue weighted by molar-refractivity contribution is 9.10. The Labute approximate surface area is 137 Å². The second kappa shape index (κ2) is 10.6. The second-order valence-corrected chi connectivity index (χ2v) is 6.64. The minimum Gasteiger partial charge on any atom is -0.310 e. The summed E-state index contributed by atoms with van der Waals surface area (Å²) in [5, 5.41) is 4.45. The molecule has 0 aliphatic heterocycles. The van der Waals surface area contributed by atoms with Crippen molar-refractivity contribution in [2.75, 3.05) is 6.54 Å². The van der Waals surface area contributed by atoms with Crippen LogP contribution in [0.2, 0.25) is 5.02 Å². The van der Waals surface area contributed by atoms with Gasteiger partial charge in [-0.15, -0.1) is 0 Å². The number of nitrogens with one attached hydrogen (secondary N) is 1. The molecule has 0 radical (unpaired) electrons. The molecular formula is C17H27BrClN. The zero-order chi connectivity index (χ0) is 14.8. The van der Waals surface area contributed by atoms with Gasteiger partial charge in [0.1, 0.15) is 0 Å². The van der Waals surface area contributed by atoms with E-state index < -0.39 is 0 Å². The molecule has 20 heavy (non-hydrogen) atoms. The Balaban J connectivity index is 2.55. The van der Waals surface area contributed by atoms with Crippen molar-refractivity contribution in [3.8, 4) is 0 Å². The highest BCUT2D eigenvalue weighted by Crippen LogP contribution is 2.28. The fraction of sp³-hybridized carbons (Fsp3) is 0.647. The van der Waals surface area contributed by atoms with E-state index in [1.807, 2.05) is 0 Å². The predicted molar refractivity (Wildman–Crippen MR) is 93.6 cm³/mol. The lowest BCUT2D eigenvalue weighted by molar-refractivity contribution is 0.468. The Morgan fingerprint density at radius 2 is 1.85 bits per heavy atom. The quantitative estimate of drug-likeness (QED) is 0.469. The van der Waals surface area contributed by atoms with Crippen molar-refractivity contribution in [2.24, 2.45) is 0 Å². The summed E-state index contributed by atoms with van der Waals surface area (Å²) in [4.78, 5) is 0. The van der Waals surface area contributed by atoms with Crippen LogP contribution in [0.1, 0.15) is 70.4 Å². The summed E-state index contributed by atoms with van der Waals surface area (Å²) in [5.41, 5.74) is 1.31. The molecule has 1 nitrogen and oxygen atoms in total. The van der Waals surface area contributed by atoms with Gasteiger partial charge in [0.05, 0.1) is 5.02 Å². The molecule has 1 aromatic rings. The summed E-state index contributed by atoms with van der Waals surface area (Å²) in [7, 11) is 0. The van der Waals surface area contributed by atoms with E-state index in [1.54, 1.807) is 0 Å². The van der Waals surface area contributed by atoms with Crippen LogP contribution in [0.4, 0.5) is 0 Å². The van der Waals surface area contributed by atoms with Crippen LogP contribution in [-0.2, 0) is 0 Å². The molecule has 0 saturated heterocycles. The van der Waals surface area contributed by atoms with Crippen molar-refractivity contribution >= 4 is 27.5 Å². The van der Waals surface area contributed by atoms with Gasteiger partial charge in [-0.2, -0.15) is 0 Å². The molecule has 0 saturated carbocycles. The molecule has 0 bridgehead atoms. The molecule has 0 amide bonds. The molecule has 0 heterocycles. The third-order valence-corrected chi connectivity index (χ3v) is 4.82. The summed E-state index contributed by atoms with van der Waals surface area (Å²) in [6, 6.07) is 6.75. The standard InChI is InChI=1S/C17H27BrClN/c1-3-5-6-7-8-9-17(20-12-4-2)14-10-11-15(18)16(19)13-14/h10-11,13,17,20H,3-9,12H2,1-2H3. The van der Waals surface area contributed by atoms with Gasteiger partial charge in [0, 0.05) is 10.5 Å². The molecule has 0 spiro atoms. The molecule has 0 fully saturated rings. The third kappa shape index (κ3) is 6.60. The number of hydrogen-bond acceptors (Lipinski definition) is 1. The Hall–Kier alpha value is -0.0500. The van der Waals surface area contributed by atoms with Crippen LogP contribution < -0.4 is 5.32 Å². The molecule has 0 aromatic heterocycles. The second-order valence-electron chi connectivity index (χ2n) is 5.38. The first-order chi connectivity index (χ1) is 9.69. The average molecular weight is 361 g/mol. The maximum atomic E-state index is 6.22. The molecule has 3 heteroatoms. The van der Waals surface area contributed by atoms with E-state index in [0.717, 1.165) is 22.5 Å². The van der Waals surface area contributed by atoms with Crippen LogP contribution in [0.5, 0.6) is 0 Å². The van der Waals surface area contributed by atoms with Gasteiger partial charge in [0.25, 0.3) is 0 Å². The van der Waals surface area contributed by atoms with E-state index in [2.05, 4.69) is 53.3 Å². The van der Waals surface area contributed by atoms with Crippen LogP contribution in [0.25, 0.3) is 0 Å². The van der Waals surface area contributed by atoms with E-state index in [4.69, 9.17) is 11.6 Å². The summed E-state index contributed by atoms with van der Waals surface area (Å²) in [6.07, 6.45) is 9.00. The van der Waals surface area contributed by atoms with Crippen LogP contribution >= 0.6 is 27.5 Å². The van der Waals surface area contributed by atoms with Gasteiger partial charge < -0.3 is 5.32 Å². The maximum absolute atomic E-state index is 6.22. The Morgan fingerprint density at radius 1 is 1.10 bits per heavy atom. The van der Waals surface area contributed by atoms with Crippen molar-refractivity contribution in [1.29, 1.82) is 0 Å². The van der Waals surface area contributed by atoms with E-state index in [-0.39, 0.29) is 0 Å². The van der Waals surface area contributed by atoms with Gasteiger partial charge in [-0.1, -0.05) is 63.6 Å². The zero-order valence-electron chi connectivity index (χ0n) is 12.7. The van der Waals surface area contributed by atoms with Crippen molar-refractivity contribution in [3.63, 3.8) is 0 Å². The lowest BCUT2D eigenvalue weighted by Crippen LogP contribution is -2.22. The largest absolute Gasteiger partial charge is 0.310 e. The summed E-state index contributed by atoms with van der Waals surface area (Å²) >= 11 is 9.68. The molecule has 1 rings (SSSR count). The van der Waals surface area contributed by atoms with Gasteiger partial charge in [0.2, 0.25) is 0 Å². The van der Waals surface area contributed by atoms with Crippen molar-refractivity contribution in [3.05, 3.63) is 33.3 Å². The van der Waals surface area contributed by atoms with Crippen molar-refractivity contribution in [1.82, 2.24) is 5.32 Å². The average Bonchev–Trinajstić information content (AvgIpc) is 2.45. The molecule has 1 aromatic carbocycles. The van der Waals surface area contributed by atoms with Crippen molar-refractivity contribution in [2.45, 2.75) is 64.8 Å². The van der Waals surface area contributed by atoms with Crippen LogP contribution in [0, 0.1) is 0 Å². The number of hydrogen-bond donors (Lipinski definition) is 1. The van der Waals surface area contributed by atoms with Crippen LogP contribution in [0.3, 0.4) is 0 Å². The van der Waals surface area contributed by atoms with Crippen molar-refractivity contribution < 1.29 is 0 Å². The molecule has 1 atom stereocenters. The van der Waals surface area contributed by atoms with Gasteiger partial charge >= 0.3 is 0 Å². The topological polar surface area (TPSA) is 12.0 Å². The first-order valence-corrected chi connectivity index (χ1v) is 9.04. The number of benzene rings is 1. The van der Waals surface area contributed by atoms with Crippen LogP contribution in [-0.4, -0.2) is 6.54 Å². The number of halogens is 2.